The van der Waals surface area contributed by atoms with E-state index in [4.69, 9.17) is 4.74 Å². The van der Waals surface area contributed by atoms with Gasteiger partial charge >= 0.3 is 0 Å². The van der Waals surface area contributed by atoms with Gasteiger partial charge in [0.2, 0.25) is 0 Å². The van der Waals surface area contributed by atoms with Crippen LogP contribution in [-0.2, 0) is 0 Å². The van der Waals surface area contributed by atoms with Crippen LogP contribution in [0, 0.1) is 18.7 Å². The van der Waals surface area contributed by atoms with Crippen LogP contribution in [0.2, 0.25) is 0 Å². The molecule has 1 unspecified atom stereocenters. The molecule has 0 aliphatic rings. The smallest absolute Gasteiger partial charge is 0.165 e. The monoisotopic (exact) mass is 239 g/mol. The van der Waals surface area contributed by atoms with Crippen LogP contribution in [0.3, 0.4) is 0 Å². The number of halogens is 1. The zero-order chi connectivity index (χ0) is 12.8. The van der Waals surface area contributed by atoms with E-state index in [1.165, 1.54) is 6.07 Å². The van der Waals surface area contributed by atoms with Crippen molar-refractivity contribution in [1.82, 2.24) is 5.32 Å². The summed E-state index contributed by atoms with van der Waals surface area (Å²) in [5, 5.41) is 3.33. The van der Waals surface area contributed by atoms with Crippen LogP contribution in [0.5, 0.6) is 5.75 Å². The SMILES string of the molecule is Cc1ccc(F)c(OCC(C)CNC(C)C)c1. The van der Waals surface area contributed by atoms with Gasteiger partial charge in [0, 0.05) is 18.5 Å². The summed E-state index contributed by atoms with van der Waals surface area (Å²) in [6.45, 7) is 9.63. The minimum absolute atomic E-state index is 0.292. The lowest BCUT2D eigenvalue weighted by Gasteiger charge is -2.16. The molecule has 1 N–H and O–H groups in total. The Hall–Kier alpha value is -1.09. The highest BCUT2D eigenvalue weighted by atomic mass is 19.1. The van der Waals surface area contributed by atoms with Gasteiger partial charge in [-0.25, -0.2) is 4.39 Å². The number of hydrogen-bond donors (Lipinski definition) is 1. The quantitative estimate of drug-likeness (QED) is 0.823. The lowest BCUT2D eigenvalue weighted by atomic mass is 10.2. The average Bonchev–Trinajstić information content (AvgIpc) is 2.27. The van der Waals surface area contributed by atoms with Gasteiger partial charge in [-0.2, -0.15) is 0 Å². The highest BCUT2D eigenvalue weighted by Crippen LogP contribution is 2.18. The Morgan fingerprint density at radius 2 is 2.00 bits per heavy atom. The van der Waals surface area contributed by atoms with E-state index < -0.39 is 0 Å². The van der Waals surface area contributed by atoms with Gasteiger partial charge in [-0.1, -0.05) is 26.8 Å². The highest BCUT2D eigenvalue weighted by Gasteiger charge is 2.07. The summed E-state index contributed by atoms with van der Waals surface area (Å²) in [6, 6.07) is 5.39. The first-order chi connectivity index (χ1) is 7.99. The summed E-state index contributed by atoms with van der Waals surface area (Å²) >= 11 is 0. The molecule has 17 heavy (non-hydrogen) atoms. The normalized spacial score (nSPS) is 12.8. The van der Waals surface area contributed by atoms with Crippen molar-refractivity contribution in [3.05, 3.63) is 29.6 Å². The van der Waals surface area contributed by atoms with Crippen molar-refractivity contribution in [1.29, 1.82) is 0 Å². The third kappa shape index (κ3) is 5.18. The number of aryl methyl sites for hydroxylation is 1. The fraction of sp³-hybridized carbons (Fsp3) is 0.571. The van der Waals surface area contributed by atoms with Gasteiger partial charge in [0.25, 0.3) is 0 Å². The zero-order valence-corrected chi connectivity index (χ0v) is 11.1. The van der Waals surface area contributed by atoms with E-state index in [9.17, 15) is 4.39 Å². The summed E-state index contributed by atoms with van der Waals surface area (Å²) < 4.78 is 18.9. The van der Waals surface area contributed by atoms with Gasteiger partial charge in [0.05, 0.1) is 6.61 Å². The van der Waals surface area contributed by atoms with Crippen molar-refractivity contribution in [2.24, 2.45) is 5.92 Å². The third-order valence-electron chi connectivity index (χ3n) is 2.48. The first kappa shape index (κ1) is 14.0. The number of benzene rings is 1. The standard InChI is InChI=1S/C14H22FNO/c1-10(2)16-8-12(4)9-17-14-7-11(3)5-6-13(14)15/h5-7,10,12,16H,8-9H2,1-4H3. The molecule has 0 fully saturated rings. The number of rotatable bonds is 6. The van der Waals surface area contributed by atoms with E-state index in [1.807, 2.05) is 6.92 Å². The molecule has 3 heteroatoms. The Balaban J connectivity index is 2.41. The second-order valence-electron chi connectivity index (χ2n) is 4.91. The van der Waals surface area contributed by atoms with Crippen molar-refractivity contribution < 1.29 is 9.13 Å². The van der Waals surface area contributed by atoms with Crippen LogP contribution in [0.1, 0.15) is 26.3 Å². The average molecular weight is 239 g/mol. The van der Waals surface area contributed by atoms with Gasteiger partial charge in [-0.3, -0.25) is 0 Å². The minimum Gasteiger partial charge on any atom is -0.490 e. The molecule has 0 saturated heterocycles. The van der Waals surface area contributed by atoms with E-state index in [1.54, 1.807) is 12.1 Å². The molecule has 0 amide bonds. The van der Waals surface area contributed by atoms with Gasteiger partial charge in [0.1, 0.15) is 0 Å². The van der Waals surface area contributed by atoms with Crippen LogP contribution in [0.15, 0.2) is 18.2 Å². The van der Waals surface area contributed by atoms with E-state index in [0.717, 1.165) is 12.1 Å². The number of hydrogen-bond acceptors (Lipinski definition) is 2. The predicted molar refractivity (Wildman–Crippen MR) is 68.9 cm³/mol. The summed E-state index contributed by atoms with van der Waals surface area (Å²) in [5.41, 5.74) is 1.01. The third-order valence-corrected chi connectivity index (χ3v) is 2.48. The Labute approximate surface area is 103 Å². The molecule has 1 aromatic carbocycles. The summed E-state index contributed by atoms with van der Waals surface area (Å²) in [6.07, 6.45) is 0. The summed E-state index contributed by atoms with van der Waals surface area (Å²) in [4.78, 5) is 0. The molecule has 0 aromatic heterocycles. The van der Waals surface area contributed by atoms with Crippen molar-refractivity contribution >= 4 is 0 Å². The van der Waals surface area contributed by atoms with E-state index >= 15 is 0 Å². The van der Waals surface area contributed by atoms with E-state index in [-0.39, 0.29) is 5.82 Å². The lowest BCUT2D eigenvalue weighted by molar-refractivity contribution is 0.243. The summed E-state index contributed by atoms with van der Waals surface area (Å²) in [7, 11) is 0. The first-order valence-electron chi connectivity index (χ1n) is 6.11. The van der Waals surface area contributed by atoms with Crippen molar-refractivity contribution in [3.8, 4) is 5.75 Å². The Kier molecular flexibility index (Phi) is 5.42. The molecule has 0 radical (unpaired) electrons. The number of ether oxygens (including phenoxy) is 1. The van der Waals surface area contributed by atoms with Crippen LogP contribution in [-0.4, -0.2) is 19.2 Å². The fourth-order valence-electron chi connectivity index (χ4n) is 1.45. The second-order valence-corrected chi connectivity index (χ2v) is 4.91. The maximum Gasteiger partial charge on any atom is 0.165 e. The van der Waals surface area contributed by atoms with Crippen LogP contribution >= 0.6 is 0 Å². The highest BCUT2D eigenvalue weighted by molar-refractivity contribution is 5.29. The maximum absolute atomic E-state index is 13.4. The van der Waals surface area contributed by atoms with Gasteiger partial charge < -0.3 is 10.1 Å². The van der Waals surface area contributed by atoms with Crippen molar-refractivity contribution in [2.75, 3.05) is 13.2 Å². The molecule has 1 aromatic rings. The van der Waals surface area contributed by atoms with Crippen molar-refractivity contribution in [2.45, 2.75) is 33.7 Å². The minimum atomic E-state index is -0.292. The fourth-order valence-corrected chi connectivity index (χ4v) is 1.45. The van der Waals surface area contributed by atoms with Gasteiger partial charge in [0.15, 0.2) is 11.6 Å². The van der Waals surface area contributed by atoms with Crippen LogP contribution < -0.4 is 10.1 Å². The largest absolute Gasteiger partial charge is 0.490 e. The molecule has 0 bridgehead atoms. The van der Waals surface area contributed by atoms with Gasteiger partial charge in [-0.05, 0) is 24.6 Å². The molecule has 0 aliphatic carbocycles. The Bertz CT molecular complexity index is 352. The molecule has 1 atom stereocenters. The van der Waals surface area contributed by atoms with Crippen LogP contribution in [0.4, 0.5) is 4.39 Å². The topological polar surface area (TPSA) is 21.3 Å². The molecular formula is C14H22FNO. The zero-order valence-electron chi connectivity index (χ0n) is 11.1. The predicted octanol–water partition coefficient (Wildman–Crippen LogP) is 3.15. The molecule has 0 aliphatic heterocycles. The molecule has 0 saturated carbocycles. The van der Waals surface area contributed by atoms with Crippen LogP contribution in [0.25, 0.3) is 0 Å². The Morgan fingerprint density at radius 1 is 1.29 bits per heavy atom. The summed E-state index contributed by atoms with van der Waals surface area (Å²) in [5.74, 6) is 0.415. The van der Waals surface area contributed by atoms with Crippen molar-refractivity contribution in [3.63, 3.8) is 0 Å². The molecule has 1 rings (SSSR count). The second kappa shape index (κ2) is 6.60. The van der Waals surface area contributed by atoms with E-state index in [2.05, 4.69) is 26.1 Å². The lowest BCUT2D eigenvalue weighted by Crippen LogP contribution is -2.30. The number of nitrogens with one attached hydrogen (secondary N) is 1. The van der Waals surface area contributed by atoms with E-state index in [0.29, 0.717) is 24.3 Å². The molecule has 2 nitrogen and oxygen atoms in total. The molecule has 0 heterocycles. The molecular weight excluding hydrogens is 217 g/mol. The maximum atomic E-state index is 13.4. The molecule has 0 spiro atoms. The first-order valence-corrected chi connectivity index (χ1v) is 6.11. The molecule has 96 valence electrons. The Morgan fingerprint density at radius 3 is 2.65 bits per heavy atom. The van der Waals surface area contributed by atoms with Gasteiger partial charge in [-0.15, -0.1) is 0 Å².